The normalized spacial score (nSPS) is 12.4. The largest absolute Gasteiger partial charge is 0.479 e. The van der Waals surface area contributed by atoms with E-state index in [0.717, 1.165) is 5.56 Å². The number of carboxylic acid groups (broad SMARTS) is 1. The number of aliphatic carboxylic acids is 1. The van der Waals surface area contributed by atoms with Crippen LogP contribution in [0.1, 0.15) is 5.56 Å². The fourth-order valence-electron chi connectivity index (χ4n) is 0.925. The molecule has 0 fully saturated rings. The number of hydrogen-bond acceptors (Lipinski definition) is 2. The maximum Gasteiger partial charge on any atom is 0.332 e. The number of benzene rings is 1. The minimum absolute atomic E-state index is 0.163. The summed E-state index contributed by atoms with van der Waals surface area (Å²) in [5.74, 6) is -1.18. The molecule has 0 saturated carbocycles. The van der Waals surface area contributed by atoms with Crippen molar-refractivity contribution in [2.45, 2.75) is 12.5 Å². The van der Waals surface area contributed by atoms with Gasteiger partial charge >= 0.3 is 5.97 Å². The second-order valence-corrected chi connectivity index (χ2v) is 2.54. The van der Waals surface area contributed by atoms with Crippen molar-refractivity contribution in [3.05, 3.63) is 35.9 Å². The van der Waals surface area contributed by atoms with Gasteiger partial charge in [-0.05, 0) is 5.56 Å². The smallest absolute Gasteiger partial charge is 0.332 e. The lowest BCUT2D eigenvalue weighted by molar-refractivity contribution is -0.146. The average molecular weight is 168 g/mol. The van der Waals surface area contributed by atoms with Gasteiger partial charge in [0.25, 0.3) is 0 Å². The van der Waals surface area contributed by atoms with Crippen molar-refractivity contribution in [3.63, 3.8) is 0 Å². The Morgan fingerprint density at radius 2 is 1.92 bits per heavy atom. The van der Waals surface area contributed by atoms with Crippen molar-refractivity contribution >= 4 is 5.97 Å². The highest BCUT2D eigenvalue weighted by Gasteiger charge is 2.12. The predicted octanol–water partition coefficient (Wildman–Crippen LogP) is 0.675. The van der Waals surface area contributed by atoms with E-state index in [1.165, 1.54) is 0 Å². The van der Waals surface area contributed by atoms with Crippen LogP contribution in [0.4, 0.5) is 0 Å². The van der Waals surface area contributed by atoms with Crippen LogP contribution in [-0.4, -0.2) is 22.3 Å². The van der Waals surface area contributed by atoms with Crippen molar-refractivity contribution in [2.75, 3.05) is 0 Å². The molecule has 1 atom stereocenters. The molecule has 2 N–H and O–H groups in total. The number of carboxylic acids is 1. The summed E-state index contributed by atoms with van der Waals surface area (Å²) >= 11 is 0. The molecule has 0 radical (unpaired) electrons. The molecule has 1 rings (SSSR count). The van der Waals surface area contributed by atoms with Gasteiger partial charge in [-0.1, -0.05) is 30.3 Å². The Hall–Kier alpha value is -1.35. The molecule has 64 valence electrons. The highest BCUT2D eigenvalue weighted by atomic mass is 16.5. The summed E-state index contributed by atoms with van der Waals surface area (Å²) in [6, 6.07) is 9.03. The van der Waals surface area contributed by atoms with E-state index in [4.69, 9.17) is 10.2 Å². The molecule has 3 nitrogen and oxygen atoms in total. The second kappa shape index (κ2) is 3.88. The zero-order chi connectivity index (χ0) is 8.97. The molecular weight excluding hydrogens is 158 g/mol. The van der Waals surface area contributed by atoms with Gasteiger partial charge in [0, 0.05) is 6.42 Å². The Balaban J connectivity index is 2.58. The molecule has 0 aliphatic carbocycles. The van der Waals surface area contributed by atoms with Crippen LogP contribution in [0.15, 0.2) is 30.3 Å². The van der Waals surface area contributed by atoms with E-state index in [0.29, 0.717) is 0 Å². The third kappa shape index (κ3) is 2.36. The Bertz CT molecular complexity index is 256. The van der Waals surface area contributed by atoms with Gasteiger partial charge in [0.1, 0.15) is 0 Å². The van der Waals surface area contributed by atoms with E-state index in [9.17, 15) is 4.79 Å². The van der Waals surface area contributed by atoms with Crippen LogP contribution in [0.2, 0.25) is 0 Å². The molecule has 0 heterocycles. The lowest BCUT2D eigenvalue weighted by Gasteiger charge is -2.03. The van der Waals surface area contributed by atoms with Crippen LogP contribution < -0.4 is 0 Å². The van der Waals surface area contributed by atoms with Crippen LogP contribution in [0.3, 0.4) is 0 Å². The van der Waals surface area contributed by atoms with Gasteiger partial charge in [-0.2, -0.15) is 0 Å². The van der Waals surface area contributed by atoms with Crippen molar-refractivity contribution in [1.82, 2.24) is 0 Å². The quantitative estimate of drug-likeness (QED) is 0.652. The standard InChI is InChI=1S/C9H10O3/c10-8(9(11)12)6-7-4-2-1-3-5-7/h1-5,8,10H,6H2,(H,11,12)/i6+1,9+1. The number of aliphatic hydroxyl groups is 1. The summed E-state index contributed by atoms with van der Waals surface area (Å²) in [5, 5.41) is 17.4. The van der Waals surface area contributed by atoms with Gasteiger partial charge < -0.3 is 10.2 Å². The molecule has 0 spiro atoms. The van der Waals surface area contributed by atoms with Gasteiger partial charge in [0.2, 0.25) is 0 Å². The van der Waals surface area contributed by atoms with Gasteiger partial charge in [-0.25, -0.2) is 4.79 Å². The first kappa shape index (κ1) is 8.74. The maximum absolute atomic E-state index is 10.3. The third-order valence-electron chi connectivity index (χ3n) is 1.56. The van der Waals surface area contributed by atoms with Crippen LogP contribution >= 0.6 is 0 Å². The summed E-state index contributed by atoms with van der Waals surface area (Å²) in [5.41, 5.74) is 0.826. The highest BCUT2D eigenvalue weighted by Crippen LogP contribution is 2.02. The summed E-state index contributed by atoms with van der Waals surface area (Å²) in [6.07, 6.45) is -1.14. The number of rotatable bonds is 3. The van der Waals surface area contributed by atoms with Crippen molar-refractivity contribution in [2.24, 2.45) is 0 Å². The van der Waals surface area contributed by atoms with E-state index in [2.05, 4.69) is 0 Å². The molecule has 0 amide bonds. The van der Waals surface area contributed by atoms with E-state index in [1.54, 1.807) is 12.1 Å². The Morgan fingerprint density at radius 3 is 2.42 bits per heavy atom. The van der Waals surface area contributed by atoms with Crippen molar-refractivity contribution < 1.29 is 15.0 Å². The maximum atomic E-state index is 10.3. The second-order valence-electron chi connectivity index (χ2n) is 2.54. The topological polar surface area (TPSA) is 57.5 Å². The molecular formula is C9H10O3. The lowest BCUT2D eigenvalue weighted by atomic mass is 10.3. The van der Waals surface area contributed by atoms with Crippen molar-refractivity contribution in [3.8, 4) is 0 Å². The molecule has 12 heavy (non-hydrogen) atoms. The first-order chi connectivity index (χ1) is 5.70. The Labute approximate surface area is 70.3 Å². The molecule has 0 aliphatic heterocycles. The summed E-state index contributed by atoms with van der Waals surface area (Å²) in [7, 11) is 0. The van der Waals surface area contributed by atoms with Gasteiger partial charge in [0.05, 0.1) is 0 Å². The van der Waals surface area contributed by atoms with E-state index < -0.39 is 12.1 Å². The number of carbonyl (C=O) groups is 1. The molecule has 0 saturated heterocycles. The monoisotopic (exact) mass is 168 g/mol. The minimum atomic E-state index is -1.30. The van der Waals surface area contributed by atoms with Gasteiger partial charge in [-0.15, -0.1) is 0 Å². The SMILES string of the molecule is O=[13C](O)C(O)[13CH2]c1ccccc1. The van der Waals surface area contributed by atoms with E-state index in [1.807, 2.05) is 18.2 Å². The number of aliphatic hydroxyl groups excluding tert-OH is 1. The molecule has 1 aromatic carbocycles. The molecule has 1 unspecified atom stereocenters. The average Bonchev–Trinajstić information content (AvgIpc) is 2.06. The minimum Gasteiger partial charge on any atom is -0.479 e. The van der Waals surface area contributed by atoms with E-state index in [-0.39, 0.29) is 6.42 Å². The fourth-order valence-corrected chi connectivity index (χ4v) is 0.925. The van der Waals surface area contributed by atoms with Crippen LogP contribution in [-0.2, 0) is 11.2 Å². The molecule has 1 aromatic rings. The Morgan fingerprint density at radius 1 is 1.33 bits per heavy atom. The van der Waals surface area contributed by atoms with Gasteiger partial charge in [0.15, 0.2) is 6.10 Å². The predicted molar refractivity (Wildman–Crippen MR) is 43.8 cm³/mol. The first-order valence-corrected chi connectivity index (χ1v) is 3.65. The zero-order valence-electron chi connectivity index (χ0n) is 6.47. The number of hydrogen-bond donors (Lipinski definition) is 2. The molecule has 0 aliphatic rings. The summed E-state index contributed by atoms with van der Waals surface area (Å²) in [4.78, 5) is 10.3. The summed E-state index contributed by atoms with van der Waals surface area (Å²) < 4.78 is 0. The first-order valence-electron chi connectivity index (χ1n) is 3.65. The van der Waals surface area contributed by atoms with Crippen LogP contribution in [0.25, 0.3) is 0 Å². The zero-order valence-corrected chi connectivity index (χ0v) is 6.47. The molecule has 3 heteroatoms. The van der Waals surface area contributed by atoms with Crippen LogP contribution in [0, 0.1) is 0 Å². The fraction of sp³-hybridized carbons (Fsp3) is 0.222. The van der Waals surface area contributed by atoms with Crippen LogP contribution in [0.5, 0.6) is 0 Å². The molecule has 0 aromatic heterocycles. The van der Waals surface area contributed by atoms with E-state index >= 15 is 0 Å². The third-order valence-corrected chi connectivity index (χ3v) is 1.56. The van der Waals surface area contributed by atoms with Gasteiger partial charge in [-0.3, -0.25) is 0 Å². The Kier molecular flexibility index (Phi) is 2.82. The molecule has 0 bridgehead atoms. The lowest BCUT2D eigenvalue weighted by Crippen LogP contribution is -2.21. The summed E-state index contributed by atoms with van der Waals surface area (Å²) in [6.45, 7) is 0. The van der Waals surface area contributed by atoms with Crippen molar-refractivity contribution in [1.29, 1.82) is 0 Å². The highest BCUT2D eigenvalue weighted by molar-refractivity contribution is 5.72.